The topological polar surface area (TPSA) is 87.3 Å². The first-order valence-corrected chi connectivity index (χ1v) is 9.62. The zero-order valence-electron chi connectivity index (χ0n) is 13.3. The fourth-order valence-corrected chi connectivity index (χ4v) is 4.59. The maximum absolute atomic E-state index is 12.7. The van der Waals surface area contributed by atoms with Crippen LogP contribution in [0.2, 0.25) is 0 Å². The quantitative estimate of drug-likeness (QED) is 0.778. The lowest BCUT2D eigenvalue weighted by atomic mass is 10.0. The van der Waals surface area contributed by atoms with Crippen molar-refractivity contribution < 1.29 is 13.2 Å². The van der Waals surface area contributed by atoms with Crippen LogP contribution in [0.25, 0.3) is 0 Å². The number of benzene rings is 1. The average Bonchev–Trinajstić information content (AvgIpc) is 2.69. The van der Waals surface area contributed by atoms with Crippen molar-refractivity contribution >= 4 is 21.6 Å². The summed E-state index contributed by atoms with van der Waals surface area (Å²) in [4.78, 5) is 11.8. The van der Waals surface area contributed by atoms with Gasteiger partial charge < -0.3 is 10.6 Å². The summed E-state index contributed by atoms with van der Waals surface area (Å²) in [5.41, 5.74) is 1.60. The van der Waals surface area contributed by atoms with Crippen molar-refractivity contribution in [3.8, 4) is 0 Å². The Balaban J connectivity index is 1.82. The summed E-state index contributed by atoms with van der Waals surface area (Å²) in [7, 11) is -3.55. The molecule has 0 aliphatic carbocycles. The molecular formula is C16H23N3O3S. The second kappa shape index (κ2) is 6.59. The SMILES string of the molecule is CC1NCCCC1NS(=O)(=O)c1ccc2c(c1)CCCC(=O)N2. The number of rotatable bonds is 3. The van der Waals surface area contributed by atoms with Crippen molar-refractivity contribution in [3.63, 3.8) is 0 Å². The lowest BCUT2D eigenvalue weighted by Crippen LogP contribution is -2.51. The monoisotopic (exact) mass is 337 g/mol. The molecule has 2 unspecified atom stereocenters. The molecular weight excluding hydrogens is 314 g/mol. The maximum atomic E-state index is 12.7. The highest BCUT2D eigenvalue weighted by atomic mass is 32.2. The smallest absolute Gasteiger partial charge is 0.240 e. The van der Waals surface area contributed by atoms with Gasteiger partial charge in [0.15, 0.2) is 0 Å². The summed E-state index contributed by atoms with van der Waals surface area (Å²) in [6, 6.07) is 4.97. The van der Waals surface area contributed by atoms with E-state index >= 15 is 0 Å². The van der Waals surface area contributed by atoms with Crippen LogP contribution >= 0.6 is 0 Å². The van der Waals surface area contributed by atoms with Crippen molar-refractivity contribution in [2.45, 2.75) is 56.0 Å². The second-order valence-corrected chi connectivity index (χ2v) is 8.05. The summed E-state index contributed by atoms with van der Waals surface area (Å²) in [6.07, 6.45) is 3.72. The lowest BCUT2D eigenvalue weighted by Gasteiger charge is -2.30. The minimum atomic E-state index is -3.55. The highest BCUT2D eigenvalue weighted by Gasteiger charge is 2.27. The Bertz CT molecular complexity index is 703. The Morgan fingerprint density at radius 2 is 2.04 bits per heavy atom. The molecule has 6 nitrogen and oxygen atoms in total. The zero-order chi connectivity index (χ0) is 16.4. The molecule has 3 rings (SSSR count). The van der Waals surface area contributed by atoms with Gasteiger partial charge in [0.25, 0.3) is 0 Å². The van der Waals surface area contributed by atoms with E-state index in [1.165, 1.54) is 0 Å². The molecule has 0 radical (unpaired) electrons. The molecule has 7 heteroatoms. The van der Waals surface area contributed by atoms with E-state index in [2.05, 4.69) is 15.4 Å². The molecule has 2 atom stereocenters. The number of carbonyl (C=O) groups is 1. The second-order valence-electron chi connectivity index (χ2n) is 6.33. The van der Waals surface area contributed by atoms with Crippen LogP contribution in [0, 0.1) is 0 Å². The summed E-state index contributed by atoms with van der Waals surface area (Å²) in [6.45, 7) is 2.93. The average molecular weight is 337 g/mol. The summed E-state index contributed by atoms with van der Waals surface area (Å²) in [5.74, 6) is -0.0143. The van der Waals surface area contributed by atoms with Gasteiger partial charge in [0, 0.05) is 24.2 Å². The number of nitrogens with one attached hydrogen (secondary N) is 3. The number of amides is 1. The fourth-order valence-electron chi connectivity index (χ4n) is 3.19. The molecule has 0 saturated carbocycles. The molecule has 2 aliphatic heterocycles. The Morgan fingerprint density at radius 3 is 2.83 bits per heavy atom. The van der Waals surface area contributed by atoms with Crippen LogP contribution in [-0.2, 0) is 21.2 Å². The number of fused-ring (bicyclic) bond motifs is 1. The Labute approximate surface area is 137 Å². The first-order valence-electron chi connectivity index (χ1n) is 8.14. The van der Waals surface area contributed by atoms with Gasteiger partial charge in [-0.3, -0.25) is 4.79 Å². The van der Waals surface area contributed by atoms with E-state index in [0.717, 1.165) is 37.1 Å². The van der Waals surface area contributed by atoms with Gasteiger partial charge in [-0.2, -0.15) is 0 Å². The van der Waals surface area contributed by atoms with Crippen molar-refractivity contribution in [1.29, 1.82) is 0 Å². The third-order valence-electron chi connectivity index (χ3n) is 4.58. The van der Waals surface area contributed by atoms with Gasteiger partial charge in [-0.15, -0.1) is 0 Å². The molecule has 0 bridgehead atoms. The number of carbonyl (C=O) groups excluding carboxylic acids is 1. The molecule has 2 heterocycles. The van der Waals surface area contributed by atoms with E-state index in [4.69, 9.17) is 0 Å². The van der Waals surface area contributed by atoms with Crippen LogP contribution in [0.5, 0.6) is 0 Å². The molecule has 1 fully saturated rings. The van der Waals surface area contributed by atoms with Gasteiger partial charge in [-0.1, -0.05) is 0 Å². The van der Waals surface area contributed by atoms with Crippen molar-refractivity contribution in [2.24, 2.45) is 0 Å². The fraction of sp³-hybridized carbons (Fsp3) is 0.562. The van der Waals surface area contributed by atoms with Crippen LogP contribution in [0.1, 0.15) is 38.2 Å². The first kappa shape index (κ1) is 16.4. The maximum Gasteiger partial charge on any atom is 0.240 e. The molecule has 1 amide bonds. The van der Waals surface area contributed by atoms with E-state index in [0.29, 0.717) is 12.8 Å². The van der Waals surface area contributed by atoms with Gasteiger partial charge in [0.05, 0.1) is 4.90 Å². The van der Waals surface area contributed by atoms with E-state index in [1.807, 2.05) is 6.92 Å². The first-order chi connectivity index (χ1) is 11.0. The molecule has 1 saturated heterocycles. The highest BCUT2D eigenvalue weighted by molar-refractivity contribution is 7.89. The number of sulfonamides is 1. The molecule has 0 aromatic heterocycles. The predicted molar refractivity (Wildman–Crippen MR) is 88.8 cm³/mol. The zero-order valence-corrected chi connectivity index (χ0v) is 14.1. The largest absolute Gasteiger partial charge is 0.326 e. The van der Waals surface area contributed by atoms with Crippen LogP contribution in [0.4, 0.5) is 5.69 Å². The Kier molecular flexibility index (Phi) is 4.70. The standard InChI is InChI=1S/C16H23N3O3S/c1-11-14(5-3-9-17-11)19-23(21,22)13-7-8-15-12(10-13)4-2-6-16(20)18-15/h7-8,10-11,14,17,19H,2-6,9H2,1H3,(H,18,20). The highest BCUT2D eigenvalue weighted by Crippen LogP contribution is 2.25. The number of anilines is 1. The van der Waals surface area contributed by atoms with Crippen LogP contribution < -0.4 is 15.4 Å². The number of hydrogen-bond donors (Lipinski definition) is 3. The molecule has 0 spiro atoms. The predicted octanol–water partition coefficient (Wildman–Crippen LogP) is 1.38. The van der Waals surface area contributed by atoms with E-state index in [1.54, 1.807) is 18.2 Å². The Morgan fingerprint density at radius 1 is 1.22 bits per heavy atom. The molecule has 3 N–H and O–H groups in total. The third kappa shape index (κ3) is 3.73. The lowest BCUT2D eigenvalue weighted by molar-refractivity contribution is -0.116. The van der Waals surface area contributed by atoms with E-state index in [9.17, 15) is 13.2 Å². The van der Waals surface area contributed by atoms with Crippen LogP contribution in [0.15, 0.2) is 23.1 Å². The normalized spacial score (nSPS) is 25.3. The molecule has 23 heavy (non-hydrogen) atoms. The van der Waals surface area contributed by atoms with Gasteiger partial charge >= 0.3 is 0 Å². The minimum Gasteiger partial charge on any atom is -0.326 e. The van der Waals surface area contributed by atoms with Crippen LogP contribution in [0.3, 0.4) is 0 Å². The van der Waals surface area contributed by atoms with E-state index < -0.39 is 10.0 Å². The third-order valence-corrected chi connectivity index (χ3v) is 6.07. The minimum absolute atomic E-state index is 0.0143. The van der Waals surface area contributed by atoms with Gasteiger partial charge in [-0.25, -0.2) is 13.1 Å². The van der Waals surface area contributed by atoms with Crippen molar-refractivity contribution in [1.82, 2.24) is 10.0 Å². The summed E-state index contributed by atoms with van der Waals surface area (Å²) in [5, 5.41) is 6.12. The van der Waals surface area contributed by atoms with Crippen molar-refractivity contribution in [2.75, 3.05) is 11.9 Å². The van der Waals surface area contributed by atoms with Gasteiger partial charge in [0.1, 0.15) is 0 Å². The molecule has 1 aromatic rings. The number of hydrogen-bond acceptors (Lipinski definition) is 4. The van der Waals surface area contributed by atoms with Crippen molar-refractivity contribution in [3.05, 3.63) is 23.8 Å². The molecule has 126 valence electrons. The Hall–Kier alpha value is -1.44. The molecule has 1 aromatic carbocycles. The van der Waals surface area contributed by atoms with Gasteiger partial charge in [-0.05, 0) is 62.9 Å². The van der Waals surface area contributed by atoms with Crippen LogP contribution in [-0.4, -0.2) is 33.0 Å². The number of aryl methyl sites for hydroxylation is 1. The molecule has 2 aliphatic rings. The number of piperidine rings is 1. The van der Waals surface area contributed by atoms with E-state index in [-0.39, 0.29) is 22.9 Å². The summed E-state index contributed by atoms with van der Waals surface area (Å²) >= 11 is 0. The summed E-state index contributed by atoms with van der Waals surface area (Å²) < 4.78 is 28.1. The van der Waals surface area contributed by atoms with Gasteiger partial charge in [0.2, 0.25) is 15.9 Å².